The number of likely N-dealkylation sites (tertiary alicyclic amines) is 1. The van der Waals surface area contributed by atoms with E-state index in [0.717, 1.165) is 13.0 Å². The van der Waals surface area contributed by atoms with Crippen molar-refractivity contribution >= 4 is 34.8 Å². The first kappa shape index (κ1) is 14.6. The maximum Gasteiger partial charge on any atom is 0.238 e. The number of benzene rings is 1. The Morgan fingerprint density at radius 3 is 2.63 bits per heavy atom. The molecule has 5 heteroatoms. The van der Waals surface area contributed by atoms with Gasteiger partial charge < -0.3 is 5.32 Å². The topological polar surface area (TPSA) is 32.3 Å². The van der Waals surface area contributed by atoms with E-state index < -0.39 is 0 Å². The van der Waals surface area contributed by atoms with Crippen LogP contribution in [0.1, 0.15) is 26.2 Å². The summed E-state index contributed by atoms with van der Waals surface area (Å²) >= 11 is 11.8. The minimum Gasteiger partial charge on any atom is -0.325 e. The highest BCUT2D eigenvalue weighted by Crippen LogP contribution is 2.22. The number of halogens is 2. The second kappa shape index (κ2) is 6.60. The van der Waals surface area contributed by atoms with Gasteiger partial charge in [-0.3, -0.25) is 9.69 Å². The monoisotopic (exact) mass is 300 g/mol. The Hall–Kier alpha value is -0.770. The van der Waals surface area contributed by atoms with Crippen LogP contribution >= 0.6 is 23.2 Å². The van der Waals surface area contributed by atoms with Gasteiger partial charge in [0.05, 0.1) is 6.54 Å². The van der Waals surface area contributed by atoms with Crippen LogP contribution in [0, 0.1) is 0 Å². The predicted molar refractivity (Wildman–Crippen MR) is 80.0 cm³/mol. The van der Waals surface area contributed by atoms with Crippen molar-refractivity contribution in [2.75, 3.05) is 18.4 Å². The molecule has 19 heavy (non-hydrogen) atoms. The molecule has 1 atom stereocenters. The van der Waals surface area contributed by atoms with Gasteiger partial charge in [-0.25, -0.2) is 0 Å². The van der Waals surface area contributed by atoms with Crippen LogP contribution in [0.2, 0.25) is 10.0 Å². The minimum atomic E-state index is -0.0212. The molecule has 0 bridgehead atoms. The summed E-state index contributed by atoms with van der Waals surface area (Å²) in [5.41, 5.74) is 0.646. The molecule has 0 unspecified atom stereocenters. The van der Waals surface area contributed by atoms with Crippen molar-refractivity contribution in [2.45, 2.75) is 32.2 Å². The summed E-state index contributed by atoms with van der Waals surface area (Å²) in [6.45, 7) is 3.58. The normalized spacial score (nSPS) is 20.3. The van der Waals surface area contributed by atoms with E-state index >= 15 is 0 Å². The maximum absolute atomic E-state index is 12.0. The maximum atomic E-state index is 12.0. The zero-order valence-corrected chi connectivity index (χ0v) is 12.5. The molecule has 1 aromatic carbocycles. The lowest BCUT2D eigenvalue weighted by molar-refractivity contribution is -0.118. The molecule has 0 radical (unpaired) electrons. The second-order valence-electron chi connectivity index (χ2n) is 5.02. The molecule has 1 saturated heterocycles. The molecule has 1 aromatic rings. The van der Waals surface area contributed by atoms with E-state index in [1.165, 1.54) is 12.8 Å². The molecule has 1 amide bonds. The van der Waals surface area contributed by atoms with Gasteiger partial charge in [0.1, 0.15) is 0 Å². The lowest BCUT2D eigenvalue weighted by Gasteiger charge is -2.32. The molecule has 0 saturated carbocycles. The molecule has 0 aromatic heterocycles. The van der Waals surface area contributed by atoms with Crippen LogP contribution in [0.15, 0.2) is 18.2 Å². The zero-order chi connectivity index (χ0) is 13.8. The number of nitrogens with one attached hydrogen (secondary N) is 1. The van der Waals surface area contributed by atoms with Crippen molar-refractivity contribution < 1.29 is 4.79 Å². The summed E-state index contributed by atoms with van der Waals surface area (Å²) in [6.07, 6.45) is 3.58. The van der Waals surface area contributed by atoms with Gasteiger partial charge >= 0.3 is 0 Å². The standard InChI is InChI=1S/C14H18Cl2N2O/c1-10-4-2-3-5-18(10)9-14(19)17-13-7-11(15)6-12(16)8-13/h6-8,10H,2-5,9H2,1H3,(H,17,19)/t10-/m0/s1. The molecular formula is C14H18Cl2N2O. The molecule has 1 N–H and O–H groups in total. The van der Waals surface area contributed by atoms with Crippen molar-refractivity contribution in [2.24, 2.45) is 0 Å². The molecule has 0 aliphatic carbocycles. The van der Waals surface area contributed by atoms with E-state index in [4.69, 9.17) is 23.2 Å². The summed E-state index contributed by atoms with van der Waals surface area (Å²) in [4.78, 5) is 14.2. The highest BCUT2D eigenvalue weighted by Gasteiger charge is 2.20. The van der Waals surface area contributed by atoms with Crippen LogP contribution in [-0.2, 0) is 4.79 Å². The highest BCUT2D eigenvalue weighted by molar-refractivity contribution is 6.35. The third-order valence-corrected chi connectivity index (χ3v) is 3.87. The lowest BCUT2D eigenvalue weighted by atomic mass is 10.0. The minimum absolute atomic E-state index is 0.0212. The first-order valence-corrected chi connectivity index (χ1v) is 7.30. The number of anilines is 1. The summed E-state index contributed by atoms with van der Waals surface area (Å²) < 4.78 is 0. The first-order valence-electron chi connectivity index (χ1n) is 6.54. The van der Waals surface area contributed by atoms with Gasteiger partial charge in [0.25, 0.3) is 0 Å². The third-order valence-electron chi connectivity index (χ3n) is 3.43. The summed E-state index contributed by atoms with van der Waals surface area (Å²) in [6, 6.07) is 5.52. The summed E-state index contributed by atoms with van der Waals surface area (Å²) in [5.74, 6) is -0.0212. The molecule has 1 fully saturated rings. The second-order valence-corrected chi connectivity index (χ2v) is 5.89. The number of carbonyl (C=O) groups excluding carboxylic acids is 1. The van der Waals surface area contributed by atoms with Gasteiger partial charge in [0, 0.05) is 21.8 Å². The van der Waals surface area contributed by atoms with E-state index in [1.54, 1.807) is 18.2 Å². The van der Waals surface area contributed by atoms with Crippen LogP contribution in [0.4, 0.5) is 5.69 Å². The first-order chi connectivity index (χ1) is 9.04. The largest absolute Gasteiger partial charge is 0.325 e. The van der Waals surface area contributed by atoms with Gasteiger partial charge in [-0.1, -0.05) is 29.6 Å². The van der Waals surface area contributed by atoms with Gasteiger partial charge in [0.15, 0.2) is 0 Å². The number of hydrogen-bond acceptors (Lipinski definition) is 2. The van der Waals surface area contributed by atoms with Gasteiger partial charge in [-0.15, -0.1) is 0 Å². The zero-order valence-electron chi connectivity index (χ0n) is 11.0. The van der Waals surface area contributed by atoms with Crippen LogP contribution < -0.4 is 5.32 Å². The third kappa shape index (κ3) is 4.37. The van der Waals surface area contributed by atoms with Crippen molar-refractivity contribution in [3.63, 3.8) is 0 Å². The van der Waals surface area contributed by atoms with E-state index in [2.05, 4.69) is 17.1 Å². The fraction of sp³-hybridized carbons (Fsp3) is 0.500. The number of nitrogens with zero attached hydrogens (tertiary/aromatic N) is 1. The van der Waals surface area contributed by atoms with Crippen molar-refractivity contribution in [1.29, 1.82) is 0 Å². The highest BCUT2D eigenvalue weighted by atomic mass is 35.5. The fourth-order valence-electron chi connectivity index (χ4n) is 2.40. The quantitative estimate of drug-likeness (QED) is 0.921. The average Bonchev–Trinajstić information content (AvgIpc) is 2.30. The summed E-state index contributed by atoms with van der Waals surface area (Å²) in [5, 5.41) is 3.89. The van der Waals surface area contributed by atoms with E-state index in [-0.39, 0.29) is 5.91 Å². The van der Waals surface area contributed by atoms with E-state index in [9.17, 15) is 4.79 Å². The van der Waals surface area contributed by atoms with Crippen LogP contribution in [-0.4, -0.2) is 29.9 Å². The number of piperidine rings is 1. The SMILES string of the molecule is C[C@H]1CCCCN1CC(=O)Nc1cc(Cl)cc(Cl)c1. The average molecular weight is 301 g/mol. The smallest absolute Gasteiger partial charge is 0.238 e. The molecule has 0 spiro atoms. The Labute approximate surface area is 123 Å². The van der Waals surface area contributed by atoms with Crippen molar-refractivity contribution in [3.05, 3.63) is 28.2 Å². The number of amides is 1. The van der Waals surface area contributed by atoms with Gasteiger partial charge in [-0.2, -0.15) is 0 Å². The van der Waals surface area contributed by atoms with Crippen LogP contribution in [0.5, 0.6) is 0 Å². The predicted octanol–water partition coefficient (Wildman–Crippen LogP) is 3.81. The number of carbonyl (C=O) groups is 1. The molecule has 104 valence electrons. The Morgan fingerprint density at radius 2 is 2.00 bits per heavy atom. The number of rotatable bonds is 3. The number of hydrogen-bond donors (Lipinski definition) is 1. The van der Waals surface area contributed by atoms with E-state index in [0.29, 0.717) is 28.3 Å². The molecular weight excluding hydrogens is 283 g/mol. The molecule has 1 heterocycles. The van der Waals surface area contributed by atoms with Crippen molar-refractivity contribution in [3.8, 4) is 0 Å². The van der Waals surface area contributed by atoms with Crippen molar-refractivity contribution in [1.82, 2.24) is 4.90 Å². The van der Waals surface area contributed by atoms with Gasteiger partial charge in [-0.05, 0) is 44.5 Å². The lowest BCUT2D eigenvalue weighted by Crippen LogP contribution is -2.42. The molecule has 1 aliphatic heterocycles. The Kier molecular flexibility index (Phi) is 5.08. The Balaban J connectivity index is 1.93. The molecule has 2 rings (SSSR count). The molecule has 3 nitrogen and oxygen atoms in total. The van der Waals surface area contributed by atoms with Crippen LogP contribution in [0.25, 0.3) is 0 Å². The summed E-state index contributed by atoms with van der Waals surface area (Å²) in [7, 11) is 0. The Bertz CT molecular complexity index is 445. The van der Waals surface area contributed by atoms with E-state index in [1.807, 2.05) is 0 Å². The Morgan fingerprint density at radius 1 is 1.32 bits per heavy atom. The van der Waals surface area contributed by atoms with Gasteiger partial charge in [0.2, 0.25) is 5.91 Å². The van der Waals surface area contributed by atoms with Crippen LogP contribution in [0.3, 0.4) is 0 Å². The molecule has 1 aliphatic rings. The fourth-order valence-corrected chi connectivity index (χ4v) is 2.93.